The Morgan fingerprint density at radius 2 is 1.60 bits per heavy atom. The lowest BCUT2D eigenvalue weighted by Gasteiger charge is -2.10. The van der Waals surface area contributed by atoms with Crippen molar-refractivity contribution >= 4 is 17.5 Å². The number of hydrogen-bond donors (Lipinski definition) is 1. The topological polar surface area (TPSA) is 64.1 Å². The van der Waals surface area contributed by atoms with Gasteiger partial charge in [0.15, 0.2) is 0 Å². The molecule has 0 amide bonds. The van der Waals surface area contributed by atoms with Crippen LogP contribution >= 0.6 is 0 Å². The van der Waals surface area contributed by atoms with E-state index in [1.807, 2.05) is 74.5 Å². The number of ether oxygens (including phenoxy) is 1. The van der Waals surface area contributed by atoms with Crippen LogP contribution in [0.2, 0.25) is 0 Å². The molecule has 5 heteroatoms. The zero-order valence-electron chi connectivity index (χ0n) is 16.8. The first-order chi connectivity index (χ1) is 14.6. The van der Waals surface area contributed by atoms with Crippen LogP contribution in [0, 0.1) is 13.8 Å². The van der Waals surface area contributed by atoms with Gasteiger partial charge in [0.25, 0.3) is 0 Å². The third-order valence-electron chi connectivity index (χ3n) is 4.51. The van der Waals surface area contributed by atoms with Gasteiger partial charge in [-0.1, -0.05) is 54.1 Å². The van der Waals surface area contributed by atoms with Crippen molar-refractivity contribution < 1.29 is 9.53 Å². The molecule has 4 rings (SSSR count). The average Bonchev–Trinajstić information content (AvgIpc) is 2.75. The molecule has 1 N–H and O–H groups in total. The minimum atomic E-state index is -0.392. The molecule has 0 fully saturated rings. The minimum absolute atomic E-state index is 0.392. The van der Waals surface area contributed by atoms with Crippen LogP contribution in [0.4, 0.5) is 11.5 Å². The molecule has 0 spiro atoms. The molecule has 148 valence electrons. The predicted molar refractivity (Wildman–Crippen MR) is 118 cm³/mol. The first-order valence-corrected chi connectivity index (χ1v) is 9.64. The second-order valence-corrected chi connectivity index (χ2v) is 6.96. The second-order valence-electron chi connectivity index (χ2n) is 6.96. The van der Waals surface area contributed by atoms with Gasteiger partial charge in [-0.05, 0) is 38.1 Å². The molecule has 1 aromatic heterocycles. The Morgan fingerprint density at radius 3 is 2.37 bits per heavy atom. The van der Waals surface area contributed by atoms with Crippen molar-refractivity contribution in [2.24, 2.45) is 0 Å². The fourth-order valence-electron chi connectivity index (χ4n) is 3.03. The molecule has 0 bridgehead atoms. The maximum atomic E-state index is 12.4. The van der Waals surface area contributed by atoms with E-state index in [1.165, 1.54) is 0 Å². The van der Waals surface area contributed by atoms with Gasteiger partial charge in [0, 0.05) is 23.4 Å². The summed E-state index contributed by atoms with van der Waals surface area (Å²) in [4.78, 5) is 21.4. The molecule has 0 saturated carbocycles. The molecule has 0 aliphatic carbocycles. The number of benzene rings is 3. The fourth-order valence-corrected chi connectivity index (χ4v) is 3.03. The number of carbonyl (C=O) groups is 1. The molecule has 3 aromatic carbocycles. The van der Waals surface area contributed by atoms with Crippen LogP contribution in [0.1, 0.15) is 21.7 Å². The van der Waals surface area contributed by atoms with Gasteiger partial charge in [0.1, 0.15) is 17.4 Å². The summed E-state index contributed by atoms with van der Waals surface area (Å²) in [5, 5.41) is 3.27. The first kappa shape index (κ1) is 19.3. The van der Waals surface area contributed by atoms with Crippen LogP contribution in [-0.2, 0) is 0 Å². The molecule has 0 radical (unpaired) electrons. The number of nitrogens with zero attached hydrogens (tertiary/aromatic N) is 2. The van der Waals surface area contributed by atoms with Crippen molar-refractivity contribution in [3.63, 3.8) is 0 Å². The quantitative estimate of drug-likeness (QED) is 0.346. The van der Waals surface area contributed by atoms with E-state index in [-0.39, 0.29) is 0 Å². The predicted octanol–water partition coefficient (Wildman–Crippen LogP) is 5.72. The molecule has 0 atom stereocenters. The molecule has 0 unspecified atom stereocenters. The normalized spacial score (nSPS) is 10.5. The Kier molecular flexibility index (Phi) is 5.52. The summed E-state index contributed by atoms with van der Waals surface area (Å²) in [6, 6.07) is 26.4. The van der Waals surface area contributed by atoms with Crippen LogP contribution in [0.25, 0.3) is 11.3 Å². The molecule has 1 heterocycles. The van der Waals surface area contributed by atoms with Gasteiger partial charge in [-0.3, -0.25) is 0 Å². The third kappa shape index (κ3) is 4.70. The lowest BCUT2D eigenvalue weighted by Crippen LogP contribution is -2.08. The van der Waals surface area contributed by atoms with Crippen LogP contribution in [0.5, 0.6) is 5.75 Å². The lowest BCUT2D eigenvalue weighted by atomic mass is 10.1. The van der Waals surface area contributed by atoms with Crippen molar-refractivity contribution in [3.05, 3.63) is 102 Å². The monoisotopic (exact) mass is 395 g/mol. The van der Waals surface area contributed by atoms with Crippen LogP contribution in [0.3, 0.4) is 0 Å². The Hall–Kier alpha value is -3.99. The Labute approximate surface area is 175 Å². The highest BCUT2D eigenvalue weighted by molar-refractivity contribution is 5.91. The summed E-state index contributed by atoms with van der Waals surface area (Å²) in [6.07, 6.45) is 0. The highest BCUT2D eigenvalue weighted by Crippen LogP contribution is 2.24. The Morgan fingerprint density at radius 1 is 0.833 bits per heavy atom. The van der Waals surface area contributed by atoms with Crippen LogP contribution in [-0.4, -0.2) is 15.9 Å². The van der Waals surface area contributed by atoms with Gasteiger partial charge < -0.3 is 10.1 Å². The molecule has 0 saturated heterocycles. The van der Waals surface area contributed by atoms with E-state index < -0.39 is 5.97 Å². The van der Waals surface area contributed by atoms with Gasteiger partial charge >= 0.3 is 5.97 Å². The molecule has 5 nitrogen and oxygen atoms in total. The van der Waals surface area contributed by atoms with E-state index in [0.29, 0.717) is 23.0 Å². The fraction of sp³-hybridized carbons (Fsp3) is 0.0800. The zero-order valence-corrected chi connectivity index (χ0v) is 16.8. The summed E-state index contributed by atoms with van der Waals surface area (Å²) in [5.74, 6) is 1.40. The zero-order chi connectivity index (χ0) is 20.9. The number of anilines is 2. The van der Waals surface area contributed by atoms with Gasteiger partial charge in [0.05, 0.1) is 11.3 Å². The lowest BCUT2D eigenvalue weighted by molar-refractivity contribution is 0.0735. The maximum Gasteiger partial charge on any atom is 0.343 e. The van der Waals surface area contributed by atoms with Gasteiger partial charge in [-0.2, -0.15) is 0 Å². The van der Waals surface area contributed by atoms with Crippen LogP contribution in [0.15, 0.2) is 84.9 Å². The summed E-state index contributed by atoms with van der Waals surface area (Å²) >= 11 is 0. The van der Waals surface area contributed by atoms with Crippen molar-refractivity contribution in [1.82, 2.24) is 9.97 Å². The van der Waals surface area contributed by atoms with Crippen molar-refractivity contribution in [1.29, 1.82) is 0 Å². The molecular weight excluding hydrogens is 374 g/mol. The van der Waals surface area contributed by atoms with E-state index in [0.717, 1.165) is 22.5 Å². The van der Waals surface area contributed by atoms with Crippen LogP contribution < -0.4 is 10.1 Å². The SMILES string of the molecule is Cc1ccc(C(=O)Oc2cccc(Nc3cc(-c4ccccc4)nc(C)n3)c2)cc1. The molecule has 30 heavy (non-hydrogen) atoms. The highest BCUT2D eigenvalue weighted by atomic mass is 16.5. The summed E-state index contributed by atoms with van der Waals surface area (Å²) in [6.45, 7) is 3.83. The Balaban J connectivity index is 1.53. The summed E-state index contributed by atoms with van der Waals surface area (Å²) in [5.41, 5.74) is 4.23. The van der Waals surface area contributed by atoms with Crippen molar-refractivity contribution in [2.45, 2.75) is 13.8 Å². The molecule has 0 aliphatic heterocycles. The third-order valence-corrected chi connectivity index (χ3v) is 4.51. The number of hydrogen-bond acceptors (Lipinski definition) is 5. The number of aromatic nitrogens is 2. The largest absolute Gasteiger partial charge is 0.423 e. The second kappa shape index (κ2) is 8.57. The smallest absolute Gasteiger partial charge is 0.343 e. The van der Waals surface area contributed by atoms with Crippen molar-refractivity contribution in [2.75, 3.05) is 5.32 Å². The van der Waals surface area contributed by atoms with E-state index in [4.69, 9.17) is 4.74 Å². The molecule has 0 aliphatic rings. The van der Waals surface area contributed by atoms with Crippen molar-refractivity contribution in [3.8, 4) is 17.0 Å². The average molecular weight is 395 g/mol. The summed E-state index contributed by atoms with van der Waals surface area (Å²) in [7, 11) is 0. The summed E-state index contributed by atoms with van der Waals surface area (Å²) < 4.78 is 5.52. The number of aryl methyl sites for hydroxylation is 2. The number of rotatable bonds is 5. The van der Waals surface area contributed by atoms with E-state index in [1.54, 1.807) is 24.3 Å². The standard InChI is InChI=1S/C25H21N3O2/c1-17-11-13-20(14-12-17)25(29)30-22-10-6-9-21(15-22)28-24-16-23(26-18(2)27-24)19-7-4-3-5-8-19/h3-16H,1-2H3,(H,26,27,28). The Bertz CT molecular complexity index is 1170. The number of carbonyl (C=O) groups excluding carboxylic acids is 1. The first-order valence-electron chi connectivity index (χ1n) is 9.64. The number of esters is 1. The molecule has 4 aromatic rings. The van der Waals surface area contributed by atoms with E-state index in [9.17, 15) is 4.79 Å². The van der Waals surface area contributed by atoms with Gasteiger partial charge in [-0.25, -0.2) is 14.8 Å². The minimum Gasteiger partial charge on any atom is -0.423 e. The number of nitrogens with one attached hydrogen (secondary N) is 1. The van der Waals surface area contributed by atoms with E-state index in [2.05, 4.69) is 15.3 Å². The maximum absolute atomic E-state index is 12.4. The van der Waals surface area contributed by atoms with E-state index >= 15 is 0 Å². The highest BCUT2D eigenvalue weighted by Gasteiger charge is 2.10. The van der Waals surface area contributed by atoms with Gasteiger partial charge in [0.2, 0.25) is 0 Å². The van der Waals surface area contributed by atoms with Gasteiger partial charge in [-0.15, -0.1) is 0 Å². The molecular formula is C25H21N3O2.